The first-order chi connectivity index (χ1) is 6.18. The van der Waals surface area contributed by atoms with Crippen molar-refractivity contribution in [3.8, 4) is 0 Å². The molecule has 0 aliphatic heterocycles. The van der Waals surface area contributed by atoms with Crippen LogP contribution in [0.3, 0.4) is 0 Å². The smallest absolute Gasteiger partial charge is 0.139 e. The lowest BCUT2D eigenvalue weighted by Crippen LogP contribution is -2.21. The molecule has 0 radical (unpaired) electrons. The fourth-order valence-electron chi connectivity index (χ4n) is 3.62. The van der Waals surface area contributed by atoms with Gasteiger partial charge in [0, 0.05) is 24.7 Å². The van der Waals surface area contributed by atoms with Crippen LogP contribution in [0.15, 0.2) is 0 Å². The van der Waals surface area contributed by atoms with E-state index in [1.807, 2.05) is 0 Å². The maximum absolute atomic E-state index is 11.5. The molecule has 0 amide bonds. The van der Waals surface area contributed by atoms with Crippen LogP contribution in [0.25, 0.3) is 0 Å². The van der Waals surface area contributed by atoms with Gasteiger partial charge in [0.15, 0.2) is 0 Å². The molecule has 3 aliphatic rings. The monoisotopic (exact) mass is 180 g/mol. The largest absolute Gasteiger partial charge is 0.392 e. The van der Waals surface area contributed by atoms with Crippen LogP contribution in [0.5, 0.6) is 0 Å². The average Bonchev–Trinajstić information content (AvgIpc) is 2.60. The first-order valence-corrected chi connectivity index (χ1v) is 4.92. The molecular weight excluding hydrogens is 168 g/mol. The summed E-state index contributed by atoms with van der Waals surface area (Å²) < 4.78 is 0. The van der Waals surface area contributed by atoms with Crippen LogP contribution in [-0.4, -0.2) is 22.8 Å². The molecule has 3 fully saturated rings. The second-order valence-corrected chi connectivity index (χ2v) is 4.61. The van der Waals surface area contributed by atoms with Crippen LogP contribution in [0, 0.1) is 23.7 Å². The van der Waals surface area contributed by atoms with Gasteiger partial charge in [-0.05, 0) is 18.3 Å². The highest BCUT2D eigenvalue weighted by atomic mass is 16.3. The van der Waals surface area contributed by atoms with E-state index < -0.39 is 6.10 Å². The normalized spacial score (nSPS) is 53.2. The molecule has 3 nitrogen and oxygen atoms in total. The lowest BCUT2D eigenvalue weighted by atomic mass is 9.92. The highest BCUT2D eigenvalue weighted by Gasteiger charge is 2.60. The minimum absolute atomic E-state index is 0.0106. The van der Waals surface area contributed by atoms with E-state index in [4.69, 9.17) is 0 Å². The number of aliphatic hydroxyl groups is 1. The van der Waals surface area contributed by atoms with Gasteiger partial charge < -0.3 is 5.11 Å². The van der Waals surface area contributed by atoms with Crippen LogP contribution in [0.2, 0.25) is 0 Å². The lowest BCUT2D eigenvalue weighted by molar-refractivity contribution is -0.123. The summed E-state index contributed by atoms with van der Waals surface area (Å²) in [6, 6.07) is 0. The fraction of sp³-hybridized carbons (Fsp3) is 0.800. The van der Waals surface area contributed by atoms with Gasteiger partial charge in [0.2, 0.25) is 0 Å². The van der Waals surface area contributed by atoms with E-state index in [0.717, 1.165) is 0 Å². The zero-order chi connectivity index (χ0) is 9.16. The first kappa shape index (κ1) is 7.68. The molecule has 3 rings (SSSR count). The minimum atomic E-state index is -0.531. The van der Waals surface area contributed by atoms with Gasteiger partial charge in [0.25, 0.3) is 0 Å². The number of rotatable bonds is 0. The number of aliphatic hydroxyl groups excluding tert-OH is 1. The maximum atomic E-state index is 11.5. The molecule has 0 spiro atoms. The first-order valence-electron chi connectivity index (χ1n) is 4.92. The Balaban J connectivity index is 2.03. The Labute approximate surface area is 76.1 Å². The minimum Gasteiger partial charge on any atom is -0.392 e. The van der Waals surface area contributed by atoms with Gasteiger partial charge in [-0.25, -0.2) is 0 Å². The molecule has 3 saturated carbocycles. The molecule has 0 bridgehead atoms. The molecule has 3 aliphatic carbocycles. The second kappa shape index (κ2) is 2.21. The van der Waals surface area contributed by atoms with Crippen LogP contribution in [-0.2, 0) is 9.59 Å². The molecule has 70 valence electrons. The Morgan fingerprint density at radius 1 is 1.15 bits per heavy atom. The predicted molar refractivity (Wildman–Crippen MR) is 43.8 cm³/mol. The molecular formula is C10H12O3. The molecule has 2 unspecified atom stereocenters. The highest BCUT2D eigenvalue weighted by Crippen LogP contribution is 2.55. The zero-order valence-corrected chi connectivity index (χ0v) is 7.27. The SMILES string of the molecule is O=C1C[C@H]2CC(=O)C3[C@H]2C1C[C@H]3O. The number of ketones is 2. The van der Waals surface area contributed by atoms with Gasteiger partial charge in [-0.1, -0.05) is 0 Å². The van der Waals surface area contributed by atoms with Crippen LogP contribution in [0.4, 0.5) is 0 Å². The van der Waals surface area contributed by atoms with Crippen molar-refractivity contribution in [1.29, 1.82) is 0 Å². The molecule has 0 heterocycles. The van der Waals surface area contributed by atoms with Crippen molar-refractivity contribution >= 4 is 11.6 Å². The van der Waals surface area contributed by atoms with Gasteiger partial charge in [0.1, 0.15) is 11.6 Å². The van der Waals surface area contributed by atoms with E-state index in [1.165, 1.54) is 0 Å². The van der Waals surface area contributed by atoms with Crippen molar-refractivity contribution in [1.82, 2.24) is 0 Å². The third-order valence-corrected chi connectivity index (χ3v) is 4.05. The van der Waals surface area contributed by atoms with Crippen LogP contribution >= 0.6 is 0 Å². The van der Waals surface area contributed by atoms with Gasteiger partial charge in [-0.2, -0.15) is 0 Å². The van der Waals surface area contributed by atoms with Crippen molar-refractivity contribution < 1.29 is 14.7 Å². The van der Waals surface area contributed by atoms with Gasteiger partial charge in [-0.15, -0.1) is 0 Å². The Kier molecular flexibility index (Phi) is 1.30. The molecule has 3 heteroatoms. The number of hydrogen-bond acceptors (Lipinski definition) is 3. The topological polar surface area (TPSA) is 54.4 Å². The number of carbonyl (C=O) groups is 2. The van der Waals surface area contributed by atoms with Crippen molar-refractivity contribution in [3.05, 3.63) is 0 Å². The van der Waals surface area contributed by atoms with E-state index in [9.17, 15) is 14.7 Å². The predicted octanol–water partition coefficient (Wildman–Crippen LogP) is 0.161. The van der Waals surface area contributed by atoms with E-state index in [2.05, 4.69) is 0 Å². The van der Waals surface area contributed by atoms with E-state index in [-0.39, 0.29) is 35.2 Å². The molecule has 0 aromatic rings. The summed E-state index contributed by atoms with van der Waals surface area (Å²) >= 11 is 0. The van der Waals surface area contributed by atoms with Crippen LogP contribution in [0.1, 0.15) is 19.3 Å². The van der Waals surface area contributed by atoms with Crippen molar-refractivity contribution in [2.24, 2.45) is 23.7 Å². The van der Waals surface area contributed by atoms with Gasteiger partial charge in [0.05, 0.1) is 6.10 Å². The summed E-state index contributed by atoms with van der Waals surface area (Å²) in [5.41, 5.74) is 0. The molecule has 0 aromatic carbocycles. The Morgan fingerprint density at radius 3 is 2.62 bits per heavy atom. The summed E-state index contributed by atoms with van der Waals surface area (Å²) in [5.74, 6) is 0.765. The lowest BCUT2D eigenvalue weighted by Gasteiger charge is -2.11. The fourth-order valence-corrected chi connectivity index (χ4v) is 3.62. The molecule has 5 atom stereocenters. The second-order valence-electron chi connectivity index (χ2n) is 4.61. The quantitative estimate of drug-likeness (QED) is 0.577. The van der Waals surface area contributed by atoms with Crippen LogP contribution < -0.4 is 0 Å². The number of carbonyl (C=O) groups excluding carboxylic acids is 2. The molecule has 0 saturated heterocycles. The van der Waals surface area contributed by atoms with Crippen molar-refractivity contribution in [2.45, 2.75) is 25.4 Å². The number of Topliss-reactive ketones (excluding diaryl/α,β-unsaturated/α-hetero) is 2. The summed E-state index contributed by atoms with van der Waals surface area (Å²) in [7, 11) is 0. The summed E-state index contributed by atoms with van der Waals surface area (Å²) in [6.45, 7) is 0. The van der Waals surface area contributed by atoms with E-state index in [1.54, 1.807) is 0 Å². The van der Waals surface area contributed by atoms with E-state index >= 15 is 0 Å². The summed E-state index contributed by atoms with van der Waals surface area (Å²) in [5, 5.41) is 9.64. The van der Waals surface area contributed by atoms with Crippen molar-refractivity contribution in [3.63, 3.8) is 0 Å². The summed E-state index contributed by atoms with van der Waals surface area (Å²) in [6.07, 6.45) is 1.13. The Morgan fingerprint density at radius 2 is 1.85 bits per heavy atom. The standard InChI is InChI=1S/C10H12O3/c11-6-1-4-2-7(12)10-8(13)3-5(6)9(4)10/h4-5,8-10,13H,1-3H2/t4-,5?,8+,9+,10?/m0/s1. The van der Waals surface area contributed by atoms with E-state index in [0.29, 0.717) is 19.3 Å². The average molecular weight is 180 g/mol. The molecule has 1 N–H and O–H groups in total. The Hall–Kier alpha value is -0.700. The third kappa shape index (κ3) is 0.784. The maximum Gasteiger partial charge on any atom is 0.139 e. The number of hydrogen-bond donors (Lipinski definition) is 1. The third-order valence-electron chi connectivity index (χ3n) is 4.05. The van der Waals surface area contributed by atoms with Gasteiger partial charge >= 0.3 is 0 Å². The molecule has 13 heavy (non-hydrogen) atoms. The summed E-state index contributed by atoms with van der Waals surface area (Å²) in [4.78, 5) is 23.0. The Bertz CT molecular complexity index is 297. The zero-order valence-electron chi connectivity index (χ0n) is 7.27. The molecule has 0 aromatic heterocycles. The van der Waals surface area contributed by atoms with Gasteiger partial charge in [-0.3, -0.25) is 9.59 Å². The highest BCUT2D eigenvalue weighted by molar-refractivity contribution is 5.93. The van der Waals surface area contributed by atoms with Crippen molar-refractivity contribution in [2.75, 3.05) is 0 Å².